The van der Waals surface area contributed by atoms with E-state index in [0.29, 0.717) is 12.1 Å². The molecular weight excluding hydrogens is 216 g/mol. The van der Waals surface area contributed by atoms with Crippen molar-refractivity contribution in [2.24, 2.45) is 0 Å². The van der Waals surface area contributed by atoms with Crippen LogP contribution in [0.1, 0.15) is 45.4 Å². The summed E-state index contributed by atoms with van der Waals surface area (Å²) < 4.78 is 0. The maximum Gasteiger partial charge on any atom is 0.323 e. The van der Waals surface area contributed by atoms with Crippen LogP contribution in [0.3, 0.4) is 0 Å². The SMILES string of the molecule is CCNC1(C(=O)O)CCC(N(C)C2CCC2)C1. The summed E-state index contributed by atoms with van der Waals surface area (Å²) in [6, 6.07) is 1.14. The van der Waals surface area contributed by atoms with Gasteiger partial charge in [-0.15, -0.1) is 0 Å². The van der Waals surface area contributed by atoms with Crippen LogP contribution < -0.4 is 5.32 Å². The lowest BCUT2D eigenvalue weighted by Crippen LogP contribution is -2.52. The second-order valence-electron chi connectivity index (χ2n) is 5.56. The Hall–Kier alpha value is -0.610. The normalized spacial score (nSPS) is 33.9. The molecule has 2 N–H and O–H groups in total. The van der Waals surface area contributed by atoms with Gasteiger partial charge in [0.15, 0.2) is 0 Å². The fraction of sp³-hybridized carbons (Fsp3) is 0.923. The smallest absolute Gasteiger partial charge is 0.323 e. The molecule has 0 radical (unpaired) electrons. The summed E-state index contributed by atoms with van der Waals surface area (Å²) in [7, 11) is 2.17. The summed E-state index contributed by atoms with van der Waals surface area (Å²) in [5, 5.41) is 12.6. The van der Waals surface area contributed by atoms with Gasteiger partial charge in [0.05, 0.1) is 0 Å². The van der Waals surface area contributed by atoms with Gasteiger partial charge in [-0.3, -0.25) is 4.79 Å². The number of carboxylic acids is 1. The highest BCUT2D eigenvalue weighted by atomic mass is 16.4. The second-order valence-corrected chi connectivity index (χ2v) is 5.56. The monoisotopic (exact) mass is 240 g/mol. The van der Waals surface area contributed by atoms with Gasteiger partial charge in [0, 0.05) is 12.1 Å². The molecule has 2 rings (SSSR count). The van der Waals surface area contributed by atoms with Crippen LogP contribution in [0.25, 0.3) is 0 Å². The van der Waals surface area contributed by atoms with Gasteiger partial charge < -0.3 is 15.3 Å². The molecule has 0 aromatic heterocycles. The molecule has 0 amide bonds. The lowest BCUT2D eigenvalue weighted by Gasteiger charge is -2.39. The standard InChI is InChI=1S/C13H24N2O2/c1-3-14-13(12(16)17)8-7-11(9-13)15(2)10-5-4-6-10/h10-11,14H,3-9H2,1-2H3,(H,16,17). The van der Waals surface area contributed by atoms with Crippen LogP contribution in [0, 0.1) is 0 Å². The molecule has 2 aliphatic carbocycles. The van der Waals surface area contributed by atoms with Gasteiger partial charge in [-0.2, -0.15) is 0 Å². The number of nitrogens with one attached hydrogen (secondary N) is 1. The Labute approximate surface area is 103 Å². The van der Waals surface area contributed by atoms with Crippen LogP contribution >= 0.6 is 0 Å². The van der Waals surface area contributed by atoms with Gasteiger partial charge >= 0.3 is 5.97 Å². The van der Waals surface area contributed by atoms with Gasteiger partial charge in [0.25, 0.3) is 0 Å². The van der Waals surface area contributed by atoms with Gasteiger partial charge in [0.1, 0.15) is 5.54 Å². The van der Waals surface area contributed by atoms with E-state index in [-0.39, 0.29) is 0 Å². The first-order valence-electron chi connectivity index (χ1n) is 6.79. The largest absolute Gasteiger partial charge is 0.480 e. The van der Waals surface area contributed by atoms with Crippen LogP contribution in [0.2, 0.25) is 0 Å². The third-order valence-corrected chi connectivity index (χ3v) is 4.64. The predicted octanol–water partition coefficient (Wildman–Crippen LogP) is 1.46. The maximum absolute atomic E-state index is 11.5. The molecule has 0 aliphatic heterocycles. The van der Waals surface area contributed by atoms with E-state index in [4.69, 9.17) is 0 Å². The second kappa shape index (κ2) is 4.94. The molecular formula is C13H24N2O2. The molecule has 0 heterocycles. The molecule has 2 unspecified atom stereocenters. The van der Waals surface area contributed by atoms with Gasteiger partial charge in [-0.25, -0.2) is 0 Å². The number of hydrogen-bond donors (Lipinski definition) is 2. The van der Waals surface area contributed by atoms with Gasteiger partial charge in [-0.05, 0) is 45.7 Å². The van der Waals surface area contributed by atoms with Gasteiger partial charge in [0.2, 0.25) is 0 Å². The van der Waals surface area contributed by atoms with Crippen molar-refractivity contribution in [3.63, 3.8) is 0 Å². The molecule has 0 saturated heterocycles. The molecule has 0 bridgehead atoms. The number of hydrogen-bond acceptors (Lipinski definition) is 3. The van der Waals surface area contributed by atoms with E-state index in [9.17, 15) is 9.90 Å². The molecule has 2 aliphatic rings. The minimum Gasteiger partial charge on any atom is -0.480 e. The molecule has 2 fully saturated rings. The number of aliphatic carboxylic acids is 1. The molecule has 4 nitrogen and oxygen atoms in total. The quantitative estimate of drug-likeness (QED) is 0.764. The molecule has 0 aromatic rings. The Morgan fingerprint density at radius 2 is 2.12 bits per heavy atom. The van der Waals surface area contributed by atoms with Crippen molar-refractivity contribution in [1.29, 1.82) is 0 Å². The summed E-state index contributed by atoms with van der Waals surface area (Å²) in [6.45, 7) is 2.71. The highest BCUT2D eigenvalue weighted by molar-refractivity contribution is 5.79. The van der Waals surface area contributed by atoms with Crippen molar-refractivity contribution in [2.45, 2.75) is 63.1 Å². The summed E-state index contributed by atoms with van der Waals surface area (Å²) in [5.41, 5.74) is -0.669. The average molecular weight is 240 g/mol. The Bertz CT molecular complexity index is 291. The molecule has 0 spiro atoms. The first-order valence-corrected chi connectivity index (χ1v) is 6.79. The molecule has 0 aromatic carbocycles. The number of nitrogens with zero attached hydrogens (tertiary/aromatic N) is 1. The number of likely N-dealkylation sites (N-methyl/N-ethyl adjacent to an activating group) is 1. The van der Waals surface area contributed by atoms with E-state index in [0.717, 1.165) is 25.8 Å². The van der Waals surface area contributed by atoms with Gasteiger partial charge in [-0.1, -0.05) is 13.3 Å². The summed E-state index contributed by atoms with van der Waals surface area (Å²) >= 11 is 0. The van der Waals surface area contributed by atoms with Crippen molar-refractivity contribution in [3.8, 4) is 0 Å². The average Bonchev–Trinajstić information content (AvgIpc) is 2.61. The van der Waals surface area contributed by atoms with Crippen LogP contribution in [0.15, 0.2) is 0 Å². The van der Waals surface area contributed by atoms with Crippen LogP contribution in [0.4, 0.5) is 0 Å². The lowest BCUT2D eigenvalue weighted by atomic mass is 9.90. The van der Waals surface area contributed by atoms with Crippen molar-refractivity contribution in [1.82, 2.24) is 10.2 Å². The molecule has 2 atom stereocenters. The molecule has 2 saturated carbocycles. The zero-order valence-electron chi connectivity index (χ0n) is 10.9. The van der Waals surface area contributed by atoms with Crippen molar-refractivity contribution >= 4 is 5.97 Å². The molecule has 4 heteroatoms. The zero-order valence-corrected chi connectivity index (χ0v) is 10.9. The minimum atomic E-state index is -0.677. The lowest BCUT2D eigenvalue weighted by molar-refractivity contribution is -0.144. The van der Waals surface area contributed by atoms with Crippen molar-refractivity contribution in [3.05, 3.63) is 0 Å². The Kier molecular flexibility index (Phi) is 3.73. The van der Waals surface area contributed by atoms with Crippen molar-refractivity contribution in [2.75, 3.05) is 13.6 Å². The first kappa shape index (κ1) is 12.8. The highest BCUT2D eigenvalue weighted by Crippen LogP contribution is 2.36. The number of carbonyl (C=O) groups is 1. The Balaban J connectivity index is 1.98. The van der Waals surface area contributed by atoms with Crippen LogP contribution in [-0.4, -0.2) is 47.2 Å². The molecule has 98 valence electrons. The van der Waals surface area contributed by atoms with E-state index < -0.39 is 11.5 Å². The van der Waals surface area contributed by atoms with Crippen LogP contribution in [-0.2, 0) is 4.79 Å². The molecule has 17 heavy (non-hydrogen) atoms. The number of carboxylic acid groups (broad SMARTS) is 1. The maximum atomic E-state index is 11.5. The fourth-order valence-corrected chi connectivity index (χ4v) is 3.23. The van der Waals surface area contributed by atoms with E-state index in [1.54, 1.807) is 0 Å². The van der Waals surface area contributed by atoms with E-state index in [2.05, 4.69) is 17.3 Å². The van der Waals surface area contributed by atoms with E-state index in [1.165, 1.54) is 19.3 Å². The fourth-order valence-electron chi connectivity index (χ4n) is 3.23. The van der Waals surface area contributed by atoms with Crippen molar-refractivity contribution < 1.29 is 9.90 Å². The summed E-state index contributed by atoms with van der Waals surface area (Å²) in [5.74, 6) is -0.677. The topological polar surface area (TPSA) is 52.6 Å². The van der Waals surface area contributed by atoms with E-state index >= 15 is 0 Å². The Morgan fingerprint density at radius 3 is 2.59 bits per heavy atom. The minimum absolute atomic E-state index is 0.440. The predicted molar refractivity (Wildman–Crippen MR) is 67.1 cm³/mol. The third-order valence-electron chi connectivity index (χ3n) is 4.64. The summed E-state index contributed by atoms with van der Waals surface area (Å²) in [6.07, 6.45) is 6.43. The Morgan fingerprint density at radius 1 is 1.41 bits per heavy atom. The van der Waals surface area contributed by atoms with Crippen LogP contribution in [0.5, 0.6) is 0 Å². The van der Waals surface area contributed by atoms with E-state index in [1.807, 2.05) is 6.92 Å². The highest BCUT2D eigenvalue weighted by Gasteiger charge is 2.47. The number of rotatable bonds is 5. The zero-order chi connectivity index (χ0) is 12.5. The summed E-state index contributed by atoms with van der Waals surface area (Å²) in [4.78, 5) is 13.9. The third kappa shape index (κ3) is 2.33. The first-order chi connectivity index (χ1) is 8.09.